The quantitative estimate of drug-likeness (QED) is 0.270. The van der Waals surface area contributed by atoms with E-state index in [4.69, 9.17) is 15.2 Å². The highest BCUT2D eigenvalue weighted by atomic mass is 127. The van der Waals surface area contributed by atoms with Gasteiger partial charge >= 0.3 is 0 Å². The summed E-state index contributed by atoms with van der Waals surface area (Å²) in [4.78, 5) is 4.50. The highest BCUT2D eigenvalue weighted by molar-refractivity contribution is 14.0. The zero-order chi connectivity index (χ0) is 14.0. The predicted octanol–water partition coefficient (Wildman–Crippen LogP) is 2.14. The Kier molecular flexibility index (Phi) is 11.5. The smallest absolute Gasteiger partial charge is 0.188 e. The van der Waals surface area contributed by atoms with Crippen LogP contribution in [0.25, 0.3) is 0 Å². The van der Waals surface area contributed by atoms with Crippen LogP contribution >= 0.6 is 24.0 Å². The molecule has 20 heavy (non-hydrogen) atoms. The standard InChI is InChI=1S/C14H29N3O2.HI/c1-3-19-10-8-14(6-4-5-7-14)12-17-13(15)16-9-11-18-2;/h3-12H2,1-2H3,(H3,15,16,17);1H. The van der Waals surface area contributed by atoms with Gasteiger partial charge in [0, 0.05) is 33.4 Å². The maximum Gasteiger partial charge on any atom is 0.188 e. The van der Waals surface area contributed by atoms with Gasteiger partial charge in [0.1, 0.15) is 0 Å². The molecule has 0 bridgehead atoms. The molecule has 0 heterocycles. The van der Waals surface area contributed by atoms with Gasteiger partial charge in [0.25, 0.3) is 0 Å². The molecule has 0 amide bonds. The monoisotopic (exact) mass is 399 g/mol. The number of aliphatic imine (C=N–C) groups is 1. The lowest BCUT2D eigenvalue weighted by atomic mass is 9.83. The minimum atomic E-state index is 0. The summed E-state index contributed by atoms with van der Waals surface area (Å²) in [7, 11) is 1.68. The third-order valence-corrected chi connectivity index (χ3v) is 3.84. The van der Waals surface area contributed by atoms with E-state index in [9.17, 15) is 0 Å². The molecule has 3 N–H and O–H groups in total. The van der Waals surface area contributed by atoms with E-state index in [1.807, 2.05) is 6.92 Å². The Morgan fingerprint density at radius 2 is 2.00 bits per heavy atom. The molecule has 0 unspecified atom stereocenters. The fraction of sp³-hybridized carbons (Fsp3) is 0.929. The molecular weight excluding hydrogens is 369 g/mol. The van der Waals surface area contributed by atoms with Crippen LogP contribution in [0.2, 0.25) is 0 Å². The number of nitrogens with two attached hydrogens (primary N) is 1. The van der Waals surface area contributed by atoms with Gasteiger partial charge in [-0.3, -0.25) is 4.99 Å². The Labute approximate surface area is 140 Å². The van der Waals surface area contributed by atoms with Crippen molar-refractivity contribution in [2.75, 3.05) is 40.0 Å². The summed E-state index contributed by atoms with van der Waals surface area (Å²) in [5.74, 6) is 0.528. The Hall–Kier alpha value is -0.0800. The predicted molar refractivity (Wildman–Crippen MR) is 93.8 cm³/mol. The van der Waals surface area contributed by atoms with E-state index in [2.05, 4.69) is 10.3 Å². The van der Waals surface area contributed by atoms with Crippen molar-refractivity contribution in [1.82, 2.24) is 5.32 Å². The lowest BCUT2D eigenvalue weighted by Crippen LogP contribution is -2.35. The van der Waals surface area contributed by atoms with E-state index in [1.54, 1.807) is 7.11 Å². The first-order valence-corrected chi connectivity index (χ1v) is 7.33. The number of halogens is 1. The molecule has 1 aliphatic rings. The van der Waals surface area contributed by atoms with Gasteiger partial charge in [-0.1, -0.05) is 12.8 Å². The molecule has 1 saturated carbocycles. The van der Waals surface area contributed by atoms with E-state index < -0.39 is 0 Å². The highest BCUT2D eigenvalue weighted by Gasteiger charge is 2.33. The van der Waals surface area contributed by atoms with Crippen LogP contribution in [0.3, 0.4) is 0 Å². The number of rotatable bonds is 9. The minimum absolute atomic E-state index is 0. The molecule has 120 valence electrons. The fourth-order valence-corrected chi connectivity index (χ4v) is 2.64. The molecule has 1 fully saturated rings. The molecule has 1 aliphatic carbocycles. The van der Waals surface area contributed by atoms with Gasteiger partial charge in [-0.15, -0.1) is 24.0 Å². The van der Waals surface area contributed by atoms with Crippen LogP contribution in [0.5, 0.6) is 0 Å². The maximum atomic E-state index is 5.86. The summed E-state index contributed by atoms with van der Waals surface area (Å²) in [6.07, 6.45) is 6.19. The van der Waals surface area contributed by atoms with E-state index in [0.717, 1.165) is 26.2 Å². The first-order valence-electron chi connectivity index (χ1n) is 7.33. The summed E-state index contributed by atoms with van der Waals surface area (Å²) in [6.45, 7) is 5.83. The zero-order valence-corrected chi connectivity index (χ0v) is 15.2. The number of hydrogen-bond donors (Lipinski definition) is 2. The number of methoxy groups -OCH3 is 1. The summed E-state index contributed by atoms with van der Waals surface area (Å²) in [5, 5.41) is 3.06. The molecule has 0 radical (unpaired) electrons. The molecule has 5 nitrogen and oxygen atoms in total. The molecular formula is C14H30IN3O2. The van der Waals surface area contributed by atoms with Crippen molar-refractivity contribution in [2.45, 2.75) is 39.0 Å². The number of nitrogens with one attached hydrogen (secondary N) is 1. The molecule has 0 saturated heterocycles. The van der Waals surface area contributed by atoms with Crippen LogP contribution in [0.4, 0.5) is 0 Å². The van der Waals surface area contributed by atoms with Gasteiger partial charge in [0.2, 0.25) is 0 Å². The first-order chi connectivity index (χ1) is 9.22. The van der Waals surface area contributed by atoms with Crippen molar-refractivity contribution in [3.63, 3.8) is 0 Å². The number of ether oxygens (including phenoxy) is 2. The Morgan fingerprint density at radius 1 is 1.30 bits per heavy atom. The van der Waals surface area contributed by atoms with Crippen molar-refractivity contribution in [1.29, 1.82) is 0 Å². The highest BCUT2D eigenvalue weighted by Crippen LogP contribution is 2.41. The molecule has 1 rings (SSSR count). The third-order valence-electron chi connectivity index (χ3n) is 3.84. The largest absolute Gasteiger partial charge is 0.383 e. The SMILES string of the molecule is CCOCCC1(CN=C(N)NCCOC)CCCC1.I. The number of hydrogen-bond acceptors (Lipinski definition) is 3. The topological polar surface area (TPSA) is 68.9 Å². The number of nitrogens with zero attached hydrogens (tertiary/aromatic N) is 1. The van der Waals surface area contributed by atoms with Crippen molar-refractivity contribution in [3.8, 4) is 0 Å². The molecule has 6 heteroatoms. The third kappa shape index (κ3) is 7.64. The summed E-state index contributed by atoms with van der Waals surface area (Å²) < 4.78 is 10.5. The summed E-state index contributed by atoms with van der Waals surface area (Å²) in [5.41, 5.74) is 6.17. The normalized spacial score (nSPS) is 17.8. The Morgan fingerprint density at radius 3 is 2.60 bits per heavy atom. The van der Waals surface area contributed by atoms with E-state index in [-0.39, 0.29) is 24.0 Å². The minimum Gasteiger partial charge on any atom is -0.383 e. The second-order valence-electron chi connectivity index (χ2n) is 5.28. The van der Waals surface area contributed by atoms with E-state index in [1.165, 1.54) is 25.7 Å². The second-order valence-corrected chi connectivity index (χ2v) is 5.28. The molecule has 0 aliphatic heterocycles. The average Bonchev–Trinajstić information content (AvgIpc) is 2.87. The van der Waals surface area contributed by atoms with E-state index >= 15 is 0 Å². The van der Waals surface area contributed by atoms with Crippen molar-refractivity contribution in [3.05, 3.63) is 0 Å². The van der Waals surface area contributed by atoms with Crippen molar-refractivity contribution >= 4 is 29.9 Å². The van der Waals surface area contributed by atoms with Crippen molar-refractivity contribution < 1.29 is 9.47 Å². The summed E-state index contributed by atoms with van der Waals surface area (Å²) in [6, 6.07) is 0. The van der Waals surface area contributed by atoms with Gasteiger partial charge < -0.3 is 20.5 Å². The maximum absolute atomic E-state index is 5.86. The van der Waals surface area contributed by atoms with Crippen LogP contribution in [-0.2, 0) is 9.47 Å². The molecule has 0 aromatic heterocycles. The van der Waals surface area contributed by atoms with E-state index in [0.29, 0.717) is 24.5 Å². The zero-order valence-electron chi connectivity index (χ0n) is 12.8. The van der Waals surface area contributed by atoms with Crippen LogP contribution in [0.15, 0.2) is 4.99 Å². The average molecular weight is 399 g/mol. The van der Waals surface area contributed by atoms with Gasteiger partial charge in [-0.25, -0.2) is 0 Å². The molecule has 0 aromatic carbocycles. The van der Waals surface area contributed by atoms with Crippen LogP contribution in [0, 0.1) is 5.41 Å². The first kappa shape index (κ1) is 19.9. The van der Waals surface area contributed by atoms with Gasteiger partial charge in [-0.05, 0) is 31.6 Å². The van der Waals surface area contributed by atoms with Gasteiger partial charge in [0.15, 0.2) is 5.96 Å². The lowest BCUT2D eigenvalue weighted by molar-refractivity contribution is 0.107. The number of guanidine groups is 1. The summed E-state index contributed by atoms with van der Waals surface area (Å²) >= 11 is 0. The molecule has 0 atom stereocenters. The lowest BCUT2D eigenvalue weighted by Gasteiger charge is -2.27. The Bertz CT molecular complexity index is 269. The van der Waals surface area contributed by atoms with Crippen LogP contribution in [0.1, 0.15) is 39.0 Å². The van der Waals surface area contributed by atoms with Gasteiger partial charge in [-0.2, -0.15) is 0 Å². The van der Waals surface area contributed by atoms with Crippen LogP contribution < -0.4 is 11.1 Å². The van der Waals surface area contributed by atoms with Gasteiger partial charge in [0.05, 0.1) is 6.61 Å². The second kappa shape index (κ2) is 11.6. The Balaban J connectivity index is 0.00000361. The fourth-order valence-electron chi connectivity index (χ4n) is 2.64. The molecule has 0 aromatic rings. The van der Waals surface area contributed by atoms with Crippen LogP contribution in [-0.4, -0.2) is 46.0 Å². The molecule has 0 spiro atoms. The van der Waals surface area contributed by atoms with Crippen molar-refractivity contribution in [2.24, 2.45) is 16.1 Å².